The Morgan fingerprint density at radius 2 is 2.04 bits per heavy atom. The normalized spacial score (nSPS) is 38.0. The number of aliphatic hydroxyl groups is 3. The Morgan fingerprint density at radius 1 is 1.31 bits per heavy atom. The van der Waals surface area contributed by atoms with Crippen molar-refractivity contribution in [1.82, 2.24) is 14.5 Å². The summed E-state index contributed by atoms with van der Waals surface area (Å²) in [5.41, 5.74) is 6.77. The Hall–Kier alpha value is -1.63. The number of aromatic nitrogens is 2. The lowest BCUT2D eigenvalue weighted by molar-refractivity contribution is -0.0519. The fourth-order valence-electron chi connectivity index (χ4n) is 3.84. The van der Waals surface area contributed by atoms with Crippen LogP contribution in [-0.4, -0.2) is 73.9 Å². The summed E-state index contributed by atoms with van der Waals surface area (Å²) in [4.78, 5) is 10.1. The quantitative estimate of drug-likeness (QED) is 0.418. The molecule has 4 rings (SSSR count). The molecule has 0 saturated carbocycles. The number of rotatable bonds is 3. The number of aliphatic imine (C=N–C) groups is 1. The molecule has 0 aromatic carbocycles. The number of ether oxygens (including phenoxy) is 1. The van der Waals surface area contributed by atoms with Crippen molar-refractivity contribution in [3.05, 3.63) is 12.0 Å². The van der Waals surface area contributed by atoms with Crippen molar-refractivity contribution < 1.29 is 24.4 Å². The second-order valence-electron chi connectivity index (χ2n) is 6.88. The predicted molar refractivity (Wildman–Crippen MR) is 88.7 cm³/mol. The number of hydrogen-bond donors (Lipinski definition) is 5. The molecule has 6 N–H and O–H groups in total. The van der Waals surface area contributed by atoms with Crippen molar-refractivity contribution in [3.8, 4) is 0 Å². The standard InChI is InChI=1S/C15H23FN6O4/c16-14-19-12-11(15(17,20-14)21-4-2-1-3-5-21)18-7-22(12)13-10(25)9(24)8(6-23)26-13/h7-10,13,23-25H,1-6,17H2,(H,19,20)/t8-,9-,10-,13-,15?/m1/s1. The van der Waals surface area contributed by atoms with Crippen LogP contribution in [0.5, 0.6) is 0 Å². The Morgan fingerprint density at radius 3 is 2.69 bits per heavy atom. The van der Waals surface area contributed by atoms with E-state index in [1.165, 1.54) is 10.9 Å². The average molecular weight is 370 g/mol. The zero-order chi connectivity index (χ0) is 18.5. The minimum atomic E-state index is -1.45. The van der Waals surface area contributed by atoms with Crippen LogP contribution >= 0.6 is 0 Å². The van der Waals surface area contributed by atoms with Gasteiger partial charge >= 0.3 is 0 Å². The van der Waals surface area contributed by atoms with E-state index in [-0.39, 0.29) is 5.82 Å². The first-order chi connectivity index (χ1) is 12.5. The minimum absolute atomic E-state index is 0.209. The first-order valence-corrected chi connectivity index (χ1v) is 8.72. The Labute approximate surface area is 149 Å². The number of nitrogens with zero attached hydrogens (tertiary/aromatic N) is 4. The van der Waals surface area contributed by atoms with Gasteiger partial charge in [0.15, 0.2) is 6.23 Å². The van der Waals surface area contributed by atoms with Crippen molar-refractivity contribution in [3.63, 3.8) is 0 Å². The van der Waals surface area contributed by atoms with Gasteiger partial charge in [0.25, 0.3) is 6.09 Å². The SMILES string of the molecule is NC1(N2CCCCC2)N=C(F)Nc2c1ncn2[C@@H]1O[C@H](CO)[C@@H](O)[C@H]1O. The molecule has 0 radical (unpaired) electrons. The van der Waals surface area contributed by atoms with Crippen molar-refractivity contribution in [2.45, 2.75) is 49.6 Å². The fourth-order valence-corrected chi connectivity index (χ4v) is 3.84. The zero-order valence-electron chi connectivity index (χ0n) is 14.1. The minimum Gasteiger partial charge on any atom is -0.394 e. The van der Waals surface area contributed by atoms with Gasteiger partial charge in [-0.05, 0) is 12.8 Å². The lowest BCUT2D eigenvalue weighted by Gasteiger charge is -2.40. The molecule has 2 fully saturated rings. The Bertz CT molecular complexity index is 708. The van der Waals surface area contributed by atoms with Crippen molar-refractivity contribution in [1.29, 1.82) is 0 Å². The number of anilines is 1. The molecular weight excluding hydrogens is 347 g/mol. The maximum atomic E-state index is 14.3. The van der Waals surface area contributed by atoms with E-state index in [1.807, 2.05) is 4.90 Å². The molecule has 26 heavy (non-hydrogen) atoms. The molecule has 3 aliphatic heterocycles. The van der Waals surface area contributed by atoms with E-state index < -0.39 is 43.0 Å². The molecular formula is C15H23FN6O4. The zero-order valence-corrected chi connectivity index (χ0v) is 14.1. The lowest BCUT2D eigenvalue weighted by atomic mass is 10.1. The maximum Gasteiger partial charge on any atom is 0.286 e. The number of piperidine rings is 1. The van der Waals surface area contributed by atoms with Gasteiger partial charge in [0.2, 0.25) is 5.79 Å². The van der Waals surface area contributed by atoms with Crippen LogP contribution in [0.2, 0.25) is 0 Å². The highest BCUT2D eigenvalue weighted by Crippen LogP contribution is 2.39. The summed E-state index contributed by atoms with van der Waals surface area (Å²) in [6.45, 7) is 0.893. The molecule has 4 heterocycles. The molecule has 0 bridgehead atoms. The van der Waals surface area contributed by atoms with Gasteiger partial charge in [0.05, 0.1) is 12.9 Å². The molecule has 5 atom stereocenters. The molecule has 1 aromatic rings. The number of likely N-dealkylation sites (tertiary alicyclic amines) is 1. The van der Waals surface area contributed by atoms with Crippen molar-refractivity contribution in [2.75, 3.05) is 25.0 Å². The largest absolute Gasteiger partial charge is 0.394 e. The summed E-state index contributed by atoms with van der Waals surface area (Å²) >= 11 is 0. The summed E-state index contributed by atoms with van der Waals surface area (Å²) in [6.07, 6.45) is -1.10. The molecule has 0 spiro atoms. The van der Waals surface area contributed by atoms with Crippen LogP contribution in [0.1, 0.15) is 31.2 Å². The van der Waals surface area contributed by atoms with Crippen LogP contribution < -0.4 is 11.1 Å². The third kappa shape index (κ3) is 2.63. The smallest absolute Gasteiger partial charge is 0.286 e. The average Bonchev–Trinajstić information content (AvgIpc) is 3.18. The maximum absolute atomic E-state index is 14.3. The van der Waals surface area contributed by atoms with E-state index in [4.69, 9.17) is 10.5 Å². The van der Waals surface area contributed by atoms with E-state index >= 15 is 0 Å². The predicted octanol–water partition coefficient (Wildman–Crippen LogP) is -1.20. The third-order valence-corrected chi connectivity index (χ3v) is 5.26. The molecule has 0 aliphatic carbocycles. The van der Waals surface area contributed by atoms with Crippen molar-refractivity contribution >= 4 is 11.9 Å². The van der Waals surface area contributed by atoms with Gasteiger partial charge in [-0.25, -0.2) is 4.98 Å². The van der Waals surface area contributed by atoms with Crippen LogP contribution in [0.15, 0.2) is 11.3 Å². The topological polar surface area (TPSA) is 141 Å². The van der Waals surface area contributed by atoms with E-state index in [0.717, 1.165) is 19.3 Å². The number of fused-ring (bicyclic) bond motifs is 1. The van der Waals surface area contributed by atoms with E-state index in [9.17, 15) is 19.7 Å². The molecule has 3 aliphatic rings. The van der Waals surface area contributed by atoms with E-state index in [0.29, 0.717) is 18.8 Å². The third-order valence-electron chi connectivity index (χ3n) is 5.26. The molecule has 2 saturated heterocycles. The number of amidine groups is 1. The first kappa shape index (κ1) is 17.8. The summed E-state index contributed by atoms with van der Waals surface area (Å²) < 4.78 is 21.2. The molecule has 1 aromatic heterocycles. The highest BCUT2D eigenvalue weighted by atomic mass is 19.1. The first-order valence-electron chi connectivity index (χ1n) is 8.72. The van der Waals surface area contributed by atoms with Crippen LogP contribution in [-0.2, 0) is 10.5 Å². The number of halogens is 1. The Kier molecular flexibility index (Phi) is 4.45. The highest BCUT2D eigenvalue weighted by molar-refractivity contribution is 5.90. The molecule has 10 nitrogen and oxygen atoms in total. The Balaban J connectivity index is 1.71. The molecule has 144 valence electrons. The van der Waals surface area contributed by atoms with Gasteiger partial charge in [-0.3, -0.25) is 15.2 Å². The summed E-state index contributed by atoms with van der Waals surface area (Å²) in [5, 5.41) is 32.0. The van der Waals surface area contributed by atoms with Gasteiger partial charge in [-0.1, -0.05) is 6.42 Å². The molecule has 11 heteroatoms. The van der Waals surface area contributed by atoms with Gasteiger partial charge in [-0.15, -0.1) is 0 Å². The fraction of sp³-hybridized carbons (Fsp3) is 0.733. The van der Waals surface area contributed by atoms with E-state index in [2.05, 4.69) is 15.3 Å². The van der Waals surface area contributed by atoms with Crippen LogP contribution in [0.4, 0.5) is 10.2 Å². The second kappa shape index (κ2) is 6.51. The molecule has 0 amide bonds. The number of nitrogens with two attached hydrogens (primary N) is 1. The number of hydrogen-bond acceptors (Lipinski definition) is 9. The number of imidazole rings is 1. The monoisotopic (exact) mass is 370 g/mol. The number of nitrogens with one attached hydrogen (secondary N) is 1. The van der Waals surface area contributed by atoms with Gasteiger partial charge in [0, 0.05) is 13.1 Å². The number of aliphatic hydroxyl groups excluding tert-OH is 3. The lowest BCUT2D eigenvalue weighted by Crippen LogP contribution is -2.56. The van der Waals surface area contributed by atoms with Gasteiger partial charge in [-0.2, -0.15) is 9.38 Å². The van der Waals surface area contributed by atoms with E-state index in [1.54, 1.807) is 0 Å². The van der Waals surface area contributed by atoms with Crippen LogP contribution in [0, 0.1) is 0 Å². The summed E-state index contributed by atoms with van der Waals surface area (Å²) in [6, 6.07) is 0. The highest BCUT2D eigenvalue weighted by Gasteiger charge is 2.48. The summed E-state index contributed by atoms with van der Waals surface area (Å²) in [7, 11) is 0. The molecule has 1 unspecified atom stereocenters. The van der Waals surface area contributed by atoms with Crippen LogP contribution in [0.25, 0.3) is 0 Å². The van der Waals surface area contributed by atoms with Gasteiger partial charge < -0.3 is 25.4 Å². The van der Waals surface area contributed by atoms with Crippen molar-refractivity contribution in [2.24, 2.45) is 10.7 Å². The van der Waals surface area contributed by atoms with Gasteiger partial charge in [0.1, 0.15) is 29.8 Å². The van der Waals surface area contributed by atoms with Crippen LogP contribution in [0.3, 0.4) is 0 Å². The summed E-state index contributed by atoms with van der Waals surface area (Å²) in [5.74, 6) is -1.24. The second-order valence-corrected chi connectivity index (χ2v) is 6.88.